The summed E-state index contributed by atoms with van der Waals surface area (Å²) in [6.07, 6.45) is 4.35. The number of benzene rings is 1. The first-order valence-corrected chi connectivity index (χ1v) is 11.3. The van der Waals surface area contributed by atoms with E-state index in [1.807, 2.05) is 34.9 Å². The number of nitrogens with zero attached hydrogens (tertiary/aromatic N) is 4. The smallest absolute Gasteiger partial charge is 0.245 e. The molecular weight excluding hydrogens is 396 g/mol. The molecule has 148 valence electrons. The molecule has 1 saturated heterocycles. The number of halogens is 1. The van der Waals surface area contributed by atoms with Gasteiger partial charge in [-0.1, -0.05) is 24.6 Å². The molecule has 1 fully saturated rings. The molecule has 6 nitrogen and oxygen atoms in total. The fourth-order valence-corrected chi connectivity index (χ4v) is 5.51. The van der Waals surface area contributed by atoms with Crippen LogP contribution in [-0.2, 0) is 16.6 Å². The first kappa shape index (κ1) is 19.2. The molecule has 0 unspecified atom stereocenters. The summed E-state index contributed by atoms with van der Waals surface area (Å²) in [5, 5.41) is 1.37. The van der Waals surface area contributed by atoms with Gasteiger partial charge in [-0.25, -0.2) is 13.4 Å². The molecule has 0 bridgehead atoms. The second-order valence-corrected chi connectivity index (χ2v) is 9.28. The van der Waals surface area contributed by atoms with Gasteiger partial charge >= 0.3 is 0 Å². The number of hydrogen-bond donors (Lipinski definition) is 0. The number of fused-ring (bicyclic) bond motifs is 1. The molecule has 0 radical (unpaired) electrons. The molecule has 2 aromatic heterocycles. The predicted molar refractivity (Wildman–Crippen MR) is 112 cm³/mol. The maximum Gasteiger partial charge on any atom is 0.245 e. The summed E-state index contributed by atoms with van der Waals surface area (Å²) in [5.41, 5.74) is 1.74. The maximum atomic E-state index is 13.4. The molecule has 0 atom stereocenters. The van der Waals surface area contributed by atoms with Crippen molar-refractivity contribution in [2.24, 2.45) is 0 Å². The van der Waals surface area contributed by atoms with E-state index in [1.54, 1.807) is 22.8 Å². The van der Waals surface area contributed by atoms with Crippen molar-refractivity contribution in [3.8, 4) is 0 Å². The lowest BCUT2D eigenvalue weighted by Gasteiger charge is -2.35. The normalized spacial score (nSPS) is 16.0. The number of anilines is 1. The van der Waals surface area contributed by atoms with Gasteiger partial charge in [0, 0.05) is 61.2 Å². The van der Waals surface area contributed by atoms with Crippen LogP contribution in [0.15, 0.2) is 53.7 Å². The summed E-state index contributed by atoms with van der Waals surface area (Å²) < 4.78 is 30.2. The van der Waals surface area contributed by atoms with Gasteiger partial charge in [-0.05, 0) is 36.8 Å². The van der Waals surface area contributed by atoms with Crippen molar-refractivity contribution in [2.75, 3.05) is 31.1 Å². The SMILES string of the molecule is CCCn1cc(S(=O)(=O)N2CCN(c3cccc(Cl)c3)CC2)c2cccnc21. The lowest BCUT2D eigenvalue weighted by molar-refractivity contribution is 0.385. The minimum atomic E-state index is -3.58. The molecule has 0 aliphatic carbocycles. The van der Waals surface area contributed by atoms with Crippen molar-refractivity contribution in [2.45, 2.75) is 24.8 Å². The zero-order chi connectivity index (χ0) is 19.7. The highest BCUT2D eigenvalue weighted by molar-refractivity contribution is 7.89. The Balaban J connectivity index is 1.59. The van der Waals surface area contributed by atoms with E-state index in [1.165, 1.54) is 0 Å². The van der Waals surface area contributed by atoms with Gasteiger partial charge in [-0.2, -0.15) is 4.31 Å². The molecule has 1 aromatic carbocycles. The molecule has 1 aliphatic heterocycles. The number of pyridine rings is 1. The minimum Gasteiger partial charge on any atom is -0.369 e. The lowest BCUT2D eigenvalue weighted by atomic mass is 10.2. The van der Waals surface area contributed by atoms with Gasteiger partial charge in [0.05, 0.1) is 0 Å². The summed E-state index contributed by atoms with van der Waals surface area (Å²) in [5.74, 6) is 0. The maximum absolute atomic E-state index is 13.4. The monoisotopic (exact) mass is 418 g/mol. The number of rotatable bonds is 5. The molecule has 3 heterocycles. The molecule has 4 rings (SSSR count). The first-order valence-electron chi connectivity index (χ1n) is 9.45. The van der Waals surface area contributed by atoms with Crippen LogP contribution in [-0.4, -0.2) is 48.5 Å². The Morgan fingerprint density at radius 1 is 1.11 bits per heavy atom. The molecular formula is C20H23ClN4O2S. The Morgan fingerprint density at radius 3 is 2.61 bits per heavy atom. The van der Waals surface area contributed by atoms with E-state index < -0.39 is 10.0 Å². The Kier molecular flexibility index (Phi) is 5.31. The molecule has 0 spiro atoms. The van der Waals surface area contributed by atoms with Crippen molar-refractivity contribution >= 4 is 38.3 Å². The largest absolute Gasteiger partial charge is 0.369 e. The molecule has 1 aliphatic rings. The van der Waals surface area contributed by atoms with Crippen LogP contribution in [0.2, 0.25) is 5.02 Å². The van der Waals surface area contributed by atoms with E-state index in [-0.39, 0.29) is 0 Å². The summed E-state index contributed by atoms with van der Waals surface area (Å²) in [6.45, 7) is 4.95. The van der Waals surface area contributed by atoms with E-state index >= 15 is 0 Å². The molecule has 8 heteroatoms. The standard InChI is InChI=1S/C20H23ClN4O2S/c1-2-9-24-15-19(18-7-4-8-22-20(18)24)28(26,27)25-12-10-23(11-13-25)17-6-3-5-16(21)14-17/h3-8,14-15H,2,9-13H2,1H3. The van der Waals surface area contributed by atoms with Gasteiger partial charge < -0.3 is 9.47 Å². The van der Waals surface area contributed by atoms with E-state index in [2.05, 4.69) is 16.8 Å². The first-order chi connectivity index (χ1) is 13.5. The van der Waals surface area contributed by atoms with Crippen LogP contribution in [0.3, 0.4) is 0 Å². The third kappa shape index (κ3) is 3.50. The molecule has 0 amide bonds. The number of piperazine rings is 1. The highest BCUT2D eigenvalue weighted by Crippen LogP contribution is 2.28. The summed E-state index contributed by atoms with van der Waals surface area (Å²) >= 11 is 6.09. The van der Waals surface area contributed by atoms with Gasteiger partial charge in [-0.3, -0.25) is 0 Å². The van der Waals surface area contributed by atoms with Gasteiger partial charge in [0.1, 0.15) is 10.5 Å². The average Bonchev–Trinajstić information content (AvgIpc) is 3.08. The van der Waals surface area contributed by atoms with Crippen molar-refractivity contribution < 1.29 is 8.42 Å². The van der Waals surface area contributed by atoms with Crippen molar-refractivity contribution in [3.63, 3.8) is 0 Å². The zero-order valence-corrected chi connectivity index (χ0v) is 17.3. The Labute approximate surface area is 170 Å². The van der Waals surface area contributed by atoms with Crippen LogP contribution in [0.1, 0.15) is 13.3 Å². The van der Waals surface area contributed by atoms with Gasteiger partial charge in [0.15, 0.2) is 0 Å². The second kappa shape index (κ2) is 7.73. The Hall–Kier alpha value is -2.09. The van der Waals surface area contributed by atoms with Crippen LogP contribution < -0.4 is 4.90 Å². The van der Waals surface area contributed by atoms with E-state index in [9.17, 15) is 8.42 Å². The van der Waals surface area contributed by atoms with Gasteiger partial charge in [-0.15, -0.1) is 0 Å². The van der Waals surface area contributed by atoms with E-state index in [4.69, 9.17) is 11.6 Å². The number of aryl methyl sites for hydroxylation is 1. The zero-order valence-electron chi connectivity index (χ0n) is 15.8. The topological polar surface area (TPSA) is 58.4 Å². The average molecular weight is 419 g/mol. The fourth-order valence-electron chi connectivity index (χ4n) is 3.71. The summed E-state index contributed by atoms with van der Waals surface area (Å²) in [7, 11) is -3.58. The number of sulfonamides is 1. The van der Waals surface area contributed by atoms with Crippen LogP contribution in [0, 0.1) is 0 Å². The van der Waals surface area contributed by atoms with Crippen molar-refractivity contribution in [3.05, 3.63) is 53.8 Å². The predicted octanol–water partition coefficient (Wildman–Crippen LogP) is 3.61. The number of aromatic nitrogens is 2. The third-order valence-electron chi connectivity index (χ3n) is 5.09. The molecule has 0 saturated carbocycles. The van der Waals surface area contributed by atoms with Crippen LogP contribution in [0.5, 0.6) is 0 Å². The van der Waals surface area contributed by atoms with E-state index in [0.29, 0.717) is 41.5 Å². The molecule has 3 aromatic rings. The summed E-state index contributed by atoms with van der Waals surface area (Å²) in [6, 6.07) is 11.3. The van der Waals surface area contributed by atoms with Crippen LogP contribution in [0.4, 0.5) is 5.69 Å². The highest BCUT2D eigenvalue weighted by atomic mass is 35.5. The quantitative estimate of drug-likeness (QED) is 0.635. The molecule has 28 heavy (non-hydrogen) atoms. The Morgan fingerprint density at radius 2 is 1.89 bits per heavy atom. The summed E-state index contributed by atoms with van der Waals surface area (Å²) in [4.78, 5) is 6.91. The second-order valence-electron chi connectivity index (χ2n) is 6.93. The molecule has 0 N–H and O–H groups in total. The van der Waals surface area contributed by atoms with Gasteiger partial charge in [0.2, 0.25) is 10.0 Å². The Bertz CT molecular complexity index is 1090. The minimum absolute atomic E-state index is 0.347. The van der Waals surface area contributed by atoms with Crippen molar-refractivity contribution in [1.82, 2.24) is 13.9 Å². The lowest BCUT2D eigenvalue weighted by Crippen LogP contribution is -2.48. The number of hydrogen-bond acceptors (Lipinski definition) is 4. The third-order valence-corrected chi connectivity index (χ3v) is 7.25. The highest BCUT2D eigenvalue weighted by Gasteiger charge is 2.31. The van der Waals surface area contributed by atoms with Crippen molar-refractivity contribution in [1.29, 1.82) is 0 Å². The van der Waals surface area contributed by atoms with Crippen LogP contribution >= 0.6 is 11.6 Å². The van der Waals surface area contributed by atoms with Crippen LogP contribution in [0.25, 0.3) is 11.0 Å². The van der Waals surface area contributed by atoms with E-state index in [0.717, 1.165) is 24.3 Å². The fraction of sp³-hybridized carbons (Fsp3) is 0.350. The van der Waals surface area contributed by atoms with Gasteiger partial charge in [0.25, 0.3) is 0 Å².